The Hall–Kier alpha value is -3.93. The number of benzene rings is 2. The summed E-state index contributed by atoms with van der Waals surface area (Å²) in [5, 5.41) is 8.91. The van der Waals surface area contributed by atoms with E-state index >= 15 is 0 Å². The molecule has 3 rings (SSSR count). The van der Waals surface area contributed by atoms with Gasteiger partial charge in [-0.2, -0.15) is 0 Å². The number of carboxylic acids is 1. The van der Waals surface area contributed by atoms with Crippen molar-refractivity contribution in [3.8, 4) is 17.0 Å². The number of rotatable bonds is 9. The molecule has 0 aliphatic carbocycles. The molecule has 170 valence electrons. The van der Waals surface area contributed by atoms with Crippen LogP contribution < -0.4 is 9.64 Å². The number of ether oxygens (including phenoxy) is 1. The molecule has 2 aromatic carbocycles. The van der Waals surface area contributed by atoms with Gasteiger partial charge in [0, 0.05) is 29.9 Å². The summed E-state index contributed by atoms with van der Waals surface area (Å²) in [6.07, 6.45) is 4.39. The molecule has 0 fully saturated rings. The Bertz CT molecular complexity index is 1160. The van der Waals surface area contributed by atoms with Gasteiger partial charge in [0.05, 0.1) is 20.7 Å². The third-order valence-electron chi connectivity index (χ3n) is 4.87. The number of amides is 1. The zero-order valence-electron chi connectivity index (χ0n) is 19.9. The van der Waals surface area contributed by atoms with Crippen molar-refractivity contribution < 1.29 is 20.8 Å². The van der Waals surface area contributed by atoms with Gasteiger partial charge in [0.2, 0.25) is 5.91 Å². The first kappa shape index (κ1) is 22.3. The van der Waals surface area contributed by atoms with Crippen LogP contribution in [0.2, 0.25) is 0 Å². The molecule has 0 saturated heterocycles. The maximum absolute atomic E-state index is 13.2. The van der Waals surface area contributed by atoms with Crippen LogP contribution in [0.4, 0.5) is 5.69 Å². The van der Waals surface area contributed by atoms with Gasteiger partial charge < -0.3 is 14.7 Å². The molecule has 1 N–H and O–H groups in total. The number of methoxy groups -OCH3 is 1. The van der Waals surface area contributed by atoms with Crippen molar-refractivity contribution in [2.45, 2.75) is 26.8 Å². The molecule has 1 amide bonds. The molecule has 3 aromatic rings. The predicted octanol–water partition coefficient (Wildman–Crippen LogP) is 5.43. The number of carbonyl (C=O) groups is 2. The minimum Gasteiger partial charge on any atom is -0.497 e. The molecule has 33 heavy (non-hydrogen) atoms. The van der Waals surface area contributed by atoms with Crippen LogP contribution >= 0.6 is 0 Å². The third-order valence-corrected chi connectivity index (χ3v) is 4.87. The van der Waals surface area contributed by atoms with E-state index in [9.17, 15) is 9.59 Å². The fourth-order valence-corrected chi connectivity index (χ4v) is 3.25. The highest BCUT2D eigenvalue weighted by Gasteiger charge is 2.18. The van der Waals surface area contributed by atoms with Crippen molar-refractivity contribution in [2.75, 3.05) is 12.0 Å². The summed E-state index contributed by atoms with van der Waals surface area (Å²) in [4.78, 5) is 30.0. The van der Waals surface area contributed by atoms with Gasteiger partial charge in [0.1, 0.15) is 5.75 Å². The topological polar surface area (TPSA) is 79.7 Å². The largest absolute Gasteiger partial charge is 0.497 e. The molecule has 0 aliphatic rings. The van der Waals surface area contributed by atoms with Crippen molar-refractivity contribution >= 4 is 23.6 Å². The first-order valence-electron chi connectivity index (χ1n) is 11.2. The van der Waals surface area contributed by atoms with E-state index in [0.29, 0.717) is 16.8 Å². The zero-order valence-corrected chi connectivity index (χ0v) is 18.9. The van der Waals surface area contributed by atoms with Crippen LogP contribution in [0, 0.1) is 5.92 Å². The van der Waals surface area contributed by atoms with Crippen molar-refractivity contribution in [3.63, 3.8) is 0 Å². The van der Waals surface area contributed by atoms with Gasteiger partial charge in [-0.15, -0.1) is 0 Å². The van der Waals surface area contributed by atoms with Gasteiger partial charge in [0.25, 0.3) is 0 Å². The second kappa shape index (κ2) is 11.1. The summed E-state index contributed by atoms with van der Waals surface area (Å²) >= 11 is 0. The monoisotopic (exact) mass is 445 g/mol. The smallest absolute Gasteiger partial charge is 0.328 e. The average Bonchev–Trinajstić information content (AvgIpc) is 2.83. The Kier molecular flexibility index (Phi) is 7.48. The van der Waals surface area contributed by atoms with Crippen molar-refractivity contribution in [3.05, 3.63) is 84.1 Å². The van der Waals surface area contributed by atoms with Gasteiger partial charge in [-0.25, -0.2) is 4.79 Å². The molecule has 6 nitrogen and oxygen atoms in total. The second-order valence-corrected chi connectivity index (χ2v) is 7.96. The van der Waals surface area contributed by atoms with E-state index in [1.54, 1.807) is 43.6 Å². The van der Waals surface area contributed by atoms with Crippen molar-refractivity contribution in [1.29, 1.82) is 0 Å². The van der Waals surface area contributed by atoms with Crippen LogP contribution in [0.15, 0.2) is 72.9 Å². The van der Waals surface area contributed by atoms with Gasteiger partial charge in [-0.1, -0.05) is 32.0 Å². The van der Waals surface area contributed by atoms with Crippen LogP contribution in [-0.4, -0.2) is 29.1 Å². The second-order valence-electron chi connectivity index (χ2n) is 7.96. The summed E-state index contributed by atoms with van der Waals surface area (Å²) in [7, 11) is 1.61. The lowest BCUT2D eigenvalue weighted by Crippen LogP contribution is -2.31. The Morgan fingerprint density at radius 3 is 2.52 bits per heavy atom. The molecule has 1 heterocycles. The molecular weight excluding hydrogens is 416 g/mol. The molecule has 6 heteroatoms. The Labute approximate surface area is 195 Å². The fourth-order valence-electron chi connectivity index (χ4n) is 3.25. The van der Waals surface area contributed by atoms with E-state index in [0.717, 1.165) is 23.1 Å². The average molecular weight is 446 g/mol. The highest BCUT2D eigenvalue weighted by Crippen LogP contribution is 2.24. The van der Waals surface area contributed by atoms with Gasteiger partial charge in [0.15, 0.2) is 0 Å². The molecule has 0 spiro atoms. The van der Waals surface area contributed by atoms with Crippen LogP contribution in [0.1, 0.15) is 32.8 Å². The quantitative estimate of drug-likeness (QED) is 0.444. The number of aromatic nitrogens is 1. The van der Waals surface area contributed by atoms with E-state index in [1.165, 1.54) is 11.0 Å². The molecule has 1 aromatic heterocycles. The summed E-state index contributed by atoms with van der Waals surface area (Å²) < 4.78 is 14.1. The lowest BCUT2D eigenvalue weighted by Gasteiger charge is -2.24. The number of anilines is 1. The summed E-state index contributed by atoms with van der Waals surface area (Å²) in [5.41, 5.74) is 3.39. The van der Waals surface area contributed by atoms with E-state index < -0.39 is 12.5 Å². The summed E-state index contributed by atoms with van der Waals surface area (Å²) in [5.74, 6) is -0.368. The van der Waals surface area contributed by atoms with Crippen molar-refractivity contribution in [1.82, 2.24) is 4.98 Å². The fraction of sp³-hybridized carbons (Fsp3) is 0.222. The number of hydrogen-bond donors (Lipinski definition) is 1. The summed E-state index contributed by atoms with van der Waals surface area (Å²) in [6.45, 7) is 2.89. The first-order valence-corrected chi connectivity index (χ1v) is 10.6. The number of carbonyl (C=O) groups excluding carboxylic acids is 1. The third kappa shape index (κ3) is 6.77. The highest BCUT2D eigenvalue weighted by atomic mass is 16.5. The SMILES string of the molecule is [2H]C(c1ccc(-c2ccc(OC)cc2)nc1)N(C(=O)CC(C)C)c1cccc(C=CC(=O)O)c1. The van der Waals surface area contributed by atoms with Crippen LogP contribution in [0.25, 0.3) is 17.3 Å². The molecular formula is C27H28N2O4. The number of nitrogens with zero attached hydrogens (tertiary/aromatic N) is 2. The maximum Gasteiger partial charge on any atom is 0.328 e. The zero-order chi connectivity index (χ0) is 24.7. The van der Waals surface area contributed by atoms with Crippen molar-refractivity contribution in [2.24, 2.45) is 5.92 Å². The minimum atomic E-state index is -1.06. The van der Waals surface area contributed by atoms with Crippen LogP contribution in [0.3, 0.4) is 0 Å². The Morgan fingerprint density at radius 2 is 1.91 bits per heavy atom. The lowest BCUT2D eigenvalue weighted by atomic mass is 10.1. The number of carboxylic acid groups (broad SMARTS) is 1. The molecule has 0 radical (unpaired) electrons. The maximum atomic E-state index is 13.2. The molecule has 0 saturated carbocycles. The Balaban J connectivity index is 1.92. The molecule has 1 atom stereocenters. The number of hydrogen-bond acceptors (Lipinski definition) is 4. The lowest BCUT2D eigenvalue weighted by molar-refractivity contribution is -0.131. The Morgan fingerprint density at radius 1 is 1.15 bits per heavy atom. The number of aliphatic carboxylic acids is 1. The van der Waals surface area contributed by atoms with Crippen LogP contribution in [-0.2, 0) is 16.1 Å². The van der Waals surface area contributed by atoms with Gasteiger partial charge in [-0.3, -0.25) is 9.78 Å². The molecule has 0 aliphatic heterocycles. The minimum absolute atomic E-state index is 0.118. The number of pyridine rings is 1. The standard InChI is InChI=1S/C27H28N2O4/c1-19(2)15-26(30)29(23-6-4-5-20(16-23)8-14-27(31)32)18-21-7-13-25(28-17-21)22-9-11-24(33-3)12-10-22/h4-14,16-17,19H,15,18H2,1-3H3,(H,31,32)/i18D. The molecule has 0 bridgehead atoms. The van der Waals surface area contributed by atoms with E-state index in [-0.39, 0.29) is 18.2 Å². The van der Waals surface area contributed by atoms with E-state index in [4.69, 9.17) is 11.2 Å². The van der Waals surface area contributed by atoms with Gasteiger partial charge >= 0.3 is 5.97 Å². The van der Waals surface area contributed by atoms with Crippen LogP contribution in [0.5, 0.6) is 5.75 Å². The predicted molar refractivity (Wildman–Crippen MR) is 130 cm³/mol. The van der Waals surface area contributed by atoms with Gasteiger partial charge in [-0.05, 0) is 65.6 Å². The summed E-state index contributed by atoms with van der Waals surface area (Å²) in [6, 6.07) is 18.1. The molecule has 1 unspecified atom stereocenters. The normalized spacial score (nSPS) is 12.4. The first-order chi connectivity index (χ1) is 16.3. The highest BCUT2D eigenvalue weighted by molar-refractivity contribution is 5.94. The van der Waals surface area contributed by atoms with E-state index in [2.05, 4.69) is 4.98 Å². The van der Waals surface area contributed by atoms with E-state index in [1.807, 2.05) is 44.2 Å².